The zero-order chi connectivity index (χ0) is 15.4. The second kappa shape index (κ2) is 7.20. The predicted octanol–water partition coefficient (Wildman–Crippen LogP) is 3.06. The molecule has 0 fully saturated rings. The lowest BCUT2D eigenvalue weighted by Gasteiger charge is -2.26. The Balaban J connectivity index is 2.26. The van der Waals surface area contributed by atoms with Gasteiger partial charge in [0.15, 0.2) is 0 Å². The average molecular weight is 351 g/mol. The summed E-state index contributed by atoms with van der Waals surface area (Å²) in [6, 6.07) is 10.7. The summed E-state index contributed by atoms with van der Waals surface area (Å²) < 4.78 is 3.01. The molecule has 0 amide bonds. The van der Waals surface area contributed by atoms with Crippen molar-refractivity contribution in [1.29, 1.82) is 0 Å². The molecule has 0 bridgehead atoms. The first kappa shape index (κ1) is 16.2. The maximum atomic E-state index is 5.85. The molecule has 2 unspecified atom stereocenters. The van der Waals surface area contributed by atoms with Crippen LogP contribution in [-0.2, 0) is 13.5 Å². The van der Waals surface area contributed by atoms with E-state index in [0.29, 0.717) is 5.92 Å². The monoisotopic (exact) mass is 350 g/mol. The van der Waals surface area contributed by atoms with Crippen molar-refractivity contribution in [3.63, 3.8) is 0 Å². The van der Waals surface area contributed by atoms with Gasteiger partial charge in [-0.25, -0.2) is 0 Å². The molecule has 1 aromatic heterocycles. The van der Waals surface area contributed by atoms with Gasteiger partial charge in [0, 0.05) is 25.4 Å². The van der Waals surface area contributed by atoms with Crippen molar-refractivity contribution in [2.75, 3.05) is 0 Å². The molecule has 2 atom stereocenters. The molecule has 0 radical (unpaired) electrons. The first-order valence-electron chi connectivity index (χ1n) is 7.27. The van der Waals surface area contributed by atoms with Crippen molar-refractivity contribution in [2.24, 2.45) is 12.9 Å². The largest absolute Gasteiger partial charge is 0.271 e. The zero-order valence-corrected chi connectivity index (χ0v) is 14.4. The van der Waals surface area contributed by atoms with Gasteiger partial charge in [-0.1, -0.05) is 37.3 Å². The van der Waals surface area contributed by atoms with Crippen LogP contribution in [0.3, 0.4) is 0 Å². The summed E-state index contributed by atoms with van der Waals surface area (Å²) in [4.78, 5) is 0. The van der Waals surface area contributed by atoms with Crippen LogP contribution >= 0.6 is 15.9 Å². The van der Waals surface area contributed by atoms with E-state index in [4.69, 9.17) is 5.84 Å². The second-order valence-corrected chi connectivity index (χ2v) is 6.17. The molecule has 0 saturated carbocycles. The van der Waals surface area contributed by atoms with Crippen LogP contribution in [0.5, 0.6) is 0 Å². The van der Waals surface area contributed by atoms with Gasteiger partial charge in [0.1, 0.15) is 0 Å². The highest BCUT2D eigenvalue weighted by Crippen LogP contribution is 2.28. The van der Waals surface area contributed by atoms with Crippen molar-refractivity contribution < 1.29 is 0 Å². The highest BCUT2D eigenvalue weighted by molar-refractivity contribution is 9.10. The summed E-state index contributed by atoms with van der Waals surface area (Å²) in [5.74, 6) is 6.22. The molecule has 4 nitrogen and oxygen atoms in total. The van der Waals surface area contributed by atoms with E-state index in [1.165, 1.54) is 11.3 Å². The Morgan fingerprint density at radius 3 is 2.48 bits per heavy atom. The van der Waals surface area contributed by atoms with E-state index in [9.17, 15) is 0 Å². The first-order chi connectivity index (χ1) is 10.1. The quantitative estimate of drug-likeness (QED) is 0.621. The zero-order valence-electron chi connectivity index (χ0n) is 12.8. The SMILES string of the molecule is CCC(c1ccccc1)C(Cc1c(Br)c(C)nn1C)NN. The van der Waals surface area contributed by atoms with Crippen LogP contribution in [0.25, 0.3) is 0 Å². The minimum Gasteiger partial charge on any atom is -0.271 e. The number of nitrogens with two attached hydrogens (primary N) is 1. The molecule has 1 aromatic carbocycles. The van der Waals surface area contributed by atoms with E-state index in [2.05, 4.69) is 57.6 Å². The van der Waals surface area contributed by atoms with E-state index in [0.717, 1.165) is 23.0 Å². The van der Waals surface area contributed by atoms with Gasteiger partial charge in [-0.15, -0.1) is 0 Å². The Kier molecular flexibility index (Phi) is 5.56. The van der Waals surface area contributed by atoms with E-state index in [-0.39, 0.29) is 6.04 Å². The Morgan fingerprint density at radius 2 is 2.00 bits per heavy atom. The van der Waals surface area contributed by atoms with Gasteiger partial charge in [-0.05, 0) is 34.8 Å². The lowest BCUT2D eigenvalue weighted by molar-refractivity contribution is 0.418. The van der Waals surface area contributed by atoms with Crippen LogP contribution in [0.15, 0.2) is 34.8 Å². The third-order valence-corrected chi connectivity index (χ3v) is 5.07. The van der Waals surface area contributed by atoms with Gasteiger partial charge in [-0.2, -0.15) is 5.10 Å². The smallest absolute Gasteiger partial charge is 0.0738 e. The van der Waals surface area contributed by atoms with E-state index in [1.807, 2.05) is 24.7 Å². The number of hydrogen-bond acceptors (Lipinski definition) is 3. The molecule has 21 heavy (non-hydrogen) atoms. The standard InChI is InChI=1S/C16H23BrN4/c1-4-13(12-8-6-5-7-9-12)14(19-18)10-15-16(17)11(2)20-21(15)3/h5-9,13-14,19H,4,10,18H2,1-3H3. The Bertz CT molecular complexity index is 579. The summed E-state index contributed by atoms with van der Waals surface area (Å²) >= 11 is 3.63. The van der Waals surface area contributed by atoms with Crippen molar-refractivity contribution in [2.45, 2.75) is 38.6 Å². The number of nitrogens with one attached hydrogen (secondary N) is 1. The number of rotatable bonds is 6. The van der Waals surface area contributed by atoms with Crippen molar-refractivity contribution >= 4 is 15.9 Å². The number of aryl methyl sites for hydroxylation is 2. The third kappa shape index (κ3) is 3.54. The van der Waals surface area contributed by atoms with Gasteiger partial charge in [0.05, 0.1) is 15.9 Å². The predicted molar refractivity (Wildman–Crippen MR) is 89.9 cm³/mol. The van der Waals surface area contributed by atoms with Gasteiger partial charge in [0.25, 0.3) is 0 Å². The fourth-order valence-corrected chi connectivity index (χ4v) is 3.38. The normalized spacial score (nSPS) is 14.1. The van der Waals surface area contributed by atoms with Gasteiger partial charge in [-0.3, -0.25) is 16.0 Å². The van der Waals surface area contributed by atoms with Crippen molar-refractivity contribution in [3.05, 3.63) is 51.8 Å². The number of benzene rings is 1. The summed E-state index contributed by atoms with van der Waals surface area (Å²) in [5.41, 5.74) is 6.50. The highest BCUT2D eigenvalue weighted by Gasteiger charge is 2.24. The summed E-state index contributed by atoms with van der Waals surface area (Å²) in [6.07, 6.45) is 1.87. The van der Waals surface area contributed by atoms with E-state index >= 15 is 0 Å². The molecule has 0 aliphatic heterocycles. The van der Waals surface area contributed by atoms with Gasteiger partial charge in [0.2, 0.25) is 0 Å². The maximum Gasteiger partial charge on any atom is 0.0738 e. The van der Waals surface area contributed by atoms with Crippen LogP contribution in [0.2, 0.25) is 0 Å². The molecular weight excluding hydrogens is 328 g/mol. The fourth-order valence-electron chi connectivity index (χ4n) is 2.88. The third-order valence-electron chi connectivity index (χ3n) is 4.04. The summed E-state index contributed by atoms with van der Waals surface area (Å²) in [5, 5.41) is 4.46. The lowest BCUT2D eigenvalue weighted by atomic mass is 9.87. The van der Waals surface area contributed by atoms with Crippen molar-refractivity contribution in [3.8, 4) is 0 Å². The van der Waals surface area contributed by atoms with Crippen LogP contribution in [0.1, 0.15) is 36.2 Å². The molecule has 0 spiro atoms. The molecule has 0 aliphatic carbocycles. The number of aromatic nitrogens is 2. The summed E-state index contributed by atoms with van der Waals surface area (Å²) in [7, 11) is 1.98. The van der Waals surface area contributed by atoms with Crippen LogP contribution < -0.4 is 11.3 Å². The highest BCUT2D eigenvalue weighted by atomic mass is 79.9. The van der Waals surface area contributed by atoms with Gasteiger partial charge < -0.3 is 0 Å². The Labute approximate surface area is 134 Å². The van der Waals surface area contributed by atoms with Crippen LogP contribution in [0, 0.1) is 6.92 Å². The number of nitrogens with zero attached hydrogens (tertiary/aromatic N) is 2. The molecule has 2 rings (SSSR count). The summed E-state index contributed by atoms with van der Waals surface area (Å²) in [6.45, 7) is 4.21. The Morgan fingerprint density at radius 1 is 1.33 bits per heavy atom. The minimum absolute atomic E-state index is 0.170. The van der Waals surface area contributed by atoms with E-state index in [1.54, 1.807) is 0 Å². The van der Waals surface area contributed by atoms with Gasteiger partial charge >= 0.3 is 0 Å². The van der Waals surface area contributed by atoms with Crippen LogP contribution in [-0.4, -0.2) is 15.8 Å². The lowest BCUT2D eigenvalue weighted by Crippen LogP contribution is -2.41. The molecule has 3 N–H and O–H groups in total. The molecule has 114 valence electrons. The fraction of sp³-hybridized carbons (Fsp3) is 0.438. The second-order valence-electron chi connectivity index (χ2n) is 5.37. The molecule has 1 heterocycles. The molecule has 2 aromatic rings. The average Bonchev–Trinajstić information content (AvgIpc) is 2.74. The number of hydrogen-bond donors (Lipinski definition) is 2. The first-order valence-corrected chi connectivity index (χ1v) is 8.06. The molecule has 0 aliphatic rings. The number of hydrazine groups is 1. The number of halogens is 1. The molecular formula is C16H23BrN4. The van der Waals surface area contributed by atoms with Crippen molar-refractivity contribution in [1.82, 2.24) is 15.2 Å². The molecule has 5 heteroatoms. The van der Waals surface area contributed by atoms with E-state index < -0.39 is 0 Å². The van der Waals surface area contributed by atoms with Crippen LogP contribution in [0.4, 0.5) is 0 Å². The topological polar surface area (TPSA) is 55.9 Å². The minimum atomic E-state index is 0.170. The Hall–Kier alpha value is -1.17. The maximum absolute atomic E-state index is 5.85. The molecule has 0 saturated heterocycles.